The fourth-order valence-corrected chi connectivity index (χ4v) is 3.11. The van der Waals surface area contributed by atoms with Crippen LogP contribution in [-0.4, -0.2) is 23.9 Å². The summed E-state index contributed by atoms with van der Waals surface area (Å²) in [6.45, 7) is 5.80. The molecule has 1 aliphatic rings. The standard InChI is InChI=1S/C16H28N2O/c1-3-10-16(14-17,11-4-2)15(19)18-12-8-6-5-7-9-13-18/h3-13H2,1-2H3. The summed E-state index contributed by atoms with van der Waals surface area (Å²) in [5, 5.41) is 9.57. The first-order chi connectivity index (χ1) is 9.20. The van der Waals surface area contributed by atoms with Gasteiger partial charge in [-0.1, -0.05) is 46.0 Å². The van der Waals surface area contributed by atoms with Gasteiger partial charge in [-0.25, -0.2) is 0 Å². The summed E-state index contributed by atoms with van der Waals surface area (Å²) >= 11 is 0. The highest BCUT2D eigenvalue weighted by Gasteiger charge is 2.39. The maximum Gasteiger partial charge on any atom is 0.243 e. The third kappa shape index (κ3) is 4.23. The third-order valence-corrected chi connectivity index (χ3v) is 4.12. The topological polar surface area (TPSA) is 44.1 Å². The number of carbonyl (C=O) groups excluding carboxylic acids is 1. The Labute approximate surface area is 118 Å². The molecular weight excluding hydrogens is 236 g/mol. The SMILES string of the molecule is CCCC(C#N)(CCC)C(=O)N1CCCCCCC1. The fourth-order valence-electron chi connectivity index (χ4n) is 3.11. The van der Waals surface area contributed by atoms with Crippen LogP contribution >= 0.6 is 0 Å². The number of nitrogens with zero attached hydrogens (tertiary/aromatic N) is 2. The Hall–Kier alpha value is -1.04. The Bertz CT molecular complexity index is 305. The van der Waals surface area contributed by atoms with Crippen LogP contribution in [0.2, 0.25) is 0 Å². The number of nitriles is 1. The minimum Gasteiger partial charge on any atom is -0.341 e. The molecule has 19 heavy (non-hydrogen) atoms. The van der Waals surface area contributed by atoms with Crippen molar-refractivity contribution in [2.24, 2.45) is 5.41 Å². The lowest BCUT2D eigenvalue weighted by molar-refractivity contribution is -0.140. The predicted molar refractivity (Wildman–Crippen MR) is 77.5 cm³/mol. The first kappa shape index (κ1) is 16.0. The highest BCUT2D eigenvalue weighted by molar-refractivity contribution is 5.85. The second-order valence-electron chi connectivity index (χ2n) is 5.75. The van der Waals surface area contributed by atoms with Crippen LogP contribution in [-0.2, 0) is 4.79 Å². The van der Waals surface area contributed by atoms with E-state index in [2.05, 4.69) is 19.9 Å². The molecule has 0 aliphatic carbocycles. The average Bonchev–Trinajstić information content (AvgIpc) is 2.37. The summed E-state index contributed by atoms with van der Waals surface area (Å²) in [5.74, 6) is 0.0978. The highest BCUT2D eigenvalue weighted by Crippen LogP contribution is 2.32. The first-order valence-corrected chi connectivity index (χ1v) is 7.91. The molecule has 0 radical (unpaired) electrons. The summed E-state index contributed by atoms with van der Waals surface area (Å²) in [7, 11) is 0. The van der Waals surface area contributed by atoms with Crippen molar-refractivity contribution in [1.29, 1.82) is 5.26 Å². The van der Waals surface area contributed by atoms with Gasteiger partial charge in [-0.05, 0) is 25.7 Å². The van der Waals surface area contributed by atoms with Crippen molar-refractivity contribution >= 4 is 5.91 Å². The molecule has 0 aromatic carbocycles. The molecule has 0 aromatic heterocycles. The first-order valence-electron chi connectivity index (χ1n) is 7.91. The molecule has 0 aromatic rings. The van der Waals surface area contributed by atoms with Crippen molar-refractivity contribution in [2.45, 2.75) is 71.6 Å². The van der Waals surface area contributed by atoms with Gasteiger partial charge in [0.25, 0.3) is 0 Å². The van der Waals surface area contributed by atoms with Gasteiger partial charge in [0, 0.05) is 13.1 Å². The summed E-state index contributed by atoms with van der Waals surface area (Å²) in [6, 6.07) is 2.36. The molecule has 3 nitrogen and oxygen atoms in total. The highest BCUT2D eigenvalue weighted by atomic mass is 16.2. The molecular formula is C16H28N2O. The average molecular weight is 264 g/mol. The minimum absolute atomic E-state index is 0.0978. The number of carbonyl (C=O) groups is 1. The minimum atomic E-state index is -0.761. The second kappa shape index (κ2) is 8.19. The van der Waals surface area contributed by atoms with Gasteiger partial charge in [-0.2, -0.15) is 5.26 Å². The molecule has 0 atom stereocenters. The van der Waals surface area contributed by atoms with E-state index in [0.29, 0.717) is 12.8 Å². The van der Waals surface area contributed by atoms with Gasteiger partial charge < -0.3 is 4.90 Å². The molecule has 0 N–H and O–H groups in total. The van der Waals surface area contributed by atoms with Gasteiger partial charge in [-0.3, -0.25) is 4.79 Å². The van der Waals surface area contributed by atoms with E-state index in [0.717, 1.165) is 38.8 Å². The van der Waals surface area contributed by atoms with Crippen LogP contribution in [0.4, 0.5) is 0 Å². The molecule has 1 saturated heterocycles. The molecule has 1 fully saturated rings. The molecule has 3 heteroatoms. The number of hydrogen-bond acceptors (Lipinski definition) is 2. The van der Waals surface area contributed by atoms with Crippen LogP contribution < -0.4 is 0 Å². The molecule has 0 spiro atoms. The van der Waals surface area contributed by atoms with Crippen LogP contribution in [0.25, 0.3) is 0 Å². The summed E-state index contributed by atoms with van der Waals surface area (Å²) in [4.78, 5) is 14.8. The molecule has 0 unspecified atom stereocenters. The Kier molecular flexibility index (Phi) is 6.91. The summed E-state index contributed by atoms with van der Waals surface area (Å²) in [5.41, 5.74) is -0.761. The largest absolute Gasteiger partial charge is 0.341 e. The van der Waals surface area contributed by atoms with Gasteiger partial charge in [-0.15, -0.1) is 0 Å². The van der Waals surface area contributed by atoms with Crippen molar-refractivity contribution in [3.8, 4) is 6.07 Å². The van der Waals surface area contributed by atoms with Gasteiger partial charge >= 0.3 is 0 Å². The quantitative estimate of drug-likeness (QED) is 0.756. The molecule has 1 aliphatic heterocycles. The molecule has 0 saturated carbocycles. The normalized spacial score (nSPS) is 17.4. The third-order valence-electron chi connectivity index (χ3n) is 4.12. The van der Waals surface area contributed by atoms with E-state index in [1.165, 1.54) is 19.3 Å². The number of likely N-dealkylation sites (tertiary alicyclic amines) is 1. The van der Waals surface area contributed by atoms with Crippen LogP contribution in [0, 0.1) is 16.7 Å². The van der Waals surface area contributed by atoms with E-state index in [-0.39, 0.29) is 5.91 Å². The van der Waals surface area contributed by atoms with Crippen LogP contribution in [0.1, 0.15) is 71.6 Å². The van der Waals surface area contributed by atoms with E-state index >= 15 is 0 Å². The maximum absolute atomic E-state index is 12.8. The van der Waals surface area contributed by atoms with E-state index in [1.807, 2.05) is 4.90 Å². The maximum atomic E-state index is 12.8. The molecule has 1 heterocycles. The molecule has 108 valence electrons. The lowest BCUT2D eigenvalue weighted by Gasteiger charge is -2.33. The van der Waals surface area contributed by atoms with Crippen molar-refractivity contribution in [3.05, 3.63) is 0 Å². The summed E-state index contributed by atoms with van der Waals surface area (Å²) < 4.78 is 0. The molecule has 1 amide bonds. The number of rotatable bonds is 5. The van der Waals surface area contributed by atoms with Crippen LogP contribution in [0.5, 0.6) is 0 Å². The van der Waals surface area contributed by atoms with Gasteiger partial charge in [0.1, 0.15) is 5.41 Å². The van der Waals surface area contributed by atoms with Crippen molar-refractivity contribution in [3.63, 3.8) is 0 Å². The van der Waals surface area contributed by atoms with E-state index in [4.69, 9.17) is 0 Å². The fraction of sp³-hybridized carbons (Fsp3) is 0.875. The van der Waals surface area contributed by atoms with E-state index in [9.17, 15) is 10.1 Å². The molecule has 0 bridgehead atoms. The lowest BCUT2D eigenvalue weighted by atomic mass is 9.79. The lowest BCUT2D eigenvalue weighted by Crippen LogP contribution is -2.44. The predicted octanol–water partition coefficient (Wildman–Crippen LogP) is 3.89. The number of hydrogen-bond donors (Lipinski definition) is 0. The second-order valence-corrected chi connectivity index (χ2v) is 5.75. The summed E-state index contributed by atoms with van der Waals surface area (Å²) in [6.07, 6.45) is 9.09. The van der Waals surface area contributed by atoms with Crippen molar-refractivity contribution in [2.75, 3.05) is 13.1 Å². The van der Waals surface area contributed by atoms with Gasteiger partial charge in [0.2, 0.25) is 5.91 Å². The Morgan fingerprint density at radius 2 is 1.53 bits per heavy atom. The Balaban J connectivity index is 2.81. The van der Waals surface area contributed by atoms with Crippen LogP contribution in [0.15, 0.2) is 0 Å². The Morgan fingerprint density at radius 3 is 1.95 bits per heavy atom. The monoisotopic (exact) mass is 264 g/mol. The zero-order valence-electron chi connectivity index (χ0n) is 12.6. The number of amides is 1. The van der Waals surface area contributed by atoms with E-state index in [1.54, 1.807) is 0 Å². The van der Waals surface area contributed by atoms with Gasteiger partial charge in [0.05, 0.1) is 6.07 Å². The smallest absolute Gasteiger partial charge is 0.243 e. The molecule has 1 rings (SSSR count). The Morgan fingerprint density at radius 1 is 1.05 bits per heavy atom. The zero-order chi connectivity index (χ0) is 14.1. The van der Waals surface area contributed by atoms with Crippen molar-refractivity contribution < 1.29 is 4.79 Å². The van der Waals surface area contributed by atoms with Crippen molar-refractivity contribution in [1.82, 2.24) is 4.90 Å². The van der Waals surface area contributed by atoms with Gasteiger partial charge in [0.15, 0.2) is 0 Å². The zero-order valence-corrected chi connectivity index (χ0v) is 12.6. The van der Waals surface area contributed by atoms with Crippen LogP contribution in [0.3, 0.4) is 0 Å². The van der Waals surface area contributed by atoms with E-state index < -0.39 is 5.41 Å².